The van der Waals surface area contributed by atoms with Crippen LogP contribution in [0.25, 0.3) is 0 Å². The monoisotopic (exact) mass is 246 g/mol. The Bertz CT molecular complexity index is 386. The highest BCUT2D eigenvalue weighted by atomic mass is 19.4. The van der Waals surface area contributed by atoms with Crippen molar-refractivity contribution in [3.05, 3.63) is 17.0 Å². The van der Waals surface area contributed by atoms with Gasteiger partial charge in [0.15, 0.2) is 5.69 Å². The van der Waals surface area contributed by atoms with Crippen LogP contribution in [0.4, 0.5) is 13.2 Å². The van der Waals surface area contributed by atoms with Gasteiger partial charge in [-0.2, -0.15) is 18.3 Å². The Labute approximate surface area is 98.8 Å². The zero-order chi connectivity index (χ0) is 12.8. The molecule has 0 atom stereocenters. The lowest BCUT2D eigenvalue weighted by molar-refractivity contribution is -0.142. The van der Waals surface area contributed by atoms with E-state index in [2.05, 4.69) is 5.10 Å². The second kappa shape index (κ2) is 3.75. The van der Waals surface area contributed by atoms with Gasteiger partial charge in [-0.15, -0.1) is 0 Å². The smallest absolute Gasteiger partial charge is 0.263 e. The molecule has 0 aliphatic heterocycles. The van der Waals surface area contributed by atoms with Gasteiger partial charge in [0, 0.05) is 11.3 Å². The quantitative estimate of drug-likeness (QED) is 0.684. The Balaban J connectivity index is 2.60. The lowest BCUT2D eigenvalue weighted by Crippen LogP contribution is -2.26. The molecule has 1 aliphatic rings. The predicted molar refractivity (Wildman–Crippen MR) is 58.9 cm³/mol. The predicted octanol–water partition coefficient (Wildman–Crippen LogP) is 3.54. The number of hydrogen-bond donors (Lipinski definition) is 0. The van der Waals surface area contributed by atoms with E-state index in [0.29, 0.717) is 18.4 Å². The molecule has 0 saturated carbocycles. The Kier molecular flexibility index (Phi) is 2.75. The van der Waals surface area contributed by atoms with Crippen LogP contribution in [0, 0.1) is 0 Å². The zero-order valence-corrected chi connectivity index (χ0v) is 10.4. The van der Waals surface area contributed by atoms with E-state index in [1.54, 1.807) is 4.68 Å². The Morgan fingerprint density at radius 2 is 1.65 bits per heavy atom. The Morgan fingerprint density at radius 1 is 1.06 bits per heavy atom. The number of rotatable bonds is 0. The highest BCUT2D eigenvalue weighted by Crippen LogP contribution is 2.37. The van der Waals surface area contributed by atoms with Crippen molar-refractivity contribution >= 4 is 0 Å². The molecule has 1 aliphatic carbocycles. The average molecular weight is 246 g/mol. The van der Waals surface area contributed by atoms with Crippen molar-refractivity contribution in [1.29, 1.82) is 0 Å². The van der Waals surface area contributed by atoms with Crippen LogP contribution in [0.3, 0.4) is 0 Å². The van der Waals surface area contributed by atoms with Gasteiger partial charge in [0.2, 0.25) is 0 Å². The van der Waals surface area contributed by atoms with E-state index in [4.69, 9.17) is 0 Å². The fourth-order valence-electron chi connectivity index (χ4n) is 2.38. The summed E-state index contributed by atoms with van der Waals surface area (Å²) in [5.41, 5.74) is 0.113. The first-order chi connectivity index (χ1) is 7.71. The van der Waals surface area contributed by atoms with Crippen molar-refractivity contribution in [2.75, 3.05) is 0 Å². The van der Waals surface area contributed by atoms with Crippen LogP contribution in [0.5, 0.6) is 0 Å². The number of fused-ring (bicyclic) bond motifs is 1. The zero-order valence-electron chi connectivity index (χ0n) is 10.4. The van der Waals surface area contributed by atoms with Crippen molar-refractivity contribution in [3.63, 3.8) is 0 Å². The Hall–Kier alpha value is -1.00. The van der Waals surface area contributed by atoms with Gasteiger partial charge in [0.25, 0.3) is 0 Å². The van der Waals surface area contributed by atoms with Crippen molar-refractivity contribution < 1.29 is 13.2 Å². The molecular formula is C12H17F3N2. The molecule has 0 N–H and O–H groups in total. The maximum atomic E-state index is 12.9. The molecule has 17 heavy (non-hydrogen) atoms. The van der Waals surface area contributed by atoms with Crippen LogP contribution in [0.2, 0.25) is 0 Å². The van der Waals surface area contributed by atoms with Gasteiger partial charge in [0.05, 0.1) is 5.54 Å². The summed E-state index contributed by atoms with van der Waals surface area (Å²) >= 11 is 0. The molecule has 0 amide bonds. The average Bonchev–Trinajstić information content (AvgIpc) is 2.55. The number of nitrogens with zero attached hydrogens (tertiary/aromatic N) is 2. The molecule has 1 aromatic rings. The van der Waals surface area contributed by atoms with E-state index in [1.807, 2.05) is 20.8 Å². The summed E-state index contributed by atoms with van der Waals surface area (Å²) in [6, 6.07) is 0. The first kappa shape index (κ1) is 12.5. The number of alkyl halides is 3. The maximum Gasteiger partial charge on any atom is 0.435 e. The molecule has 0 bridgehead atoms. The summed E-state index contributed by atoms with van der Waals surface area (Å²) < 4.78 is 40.3. The molecule has 1 aromatic heterocycles. The highest BCUT2D eigenvalue weighted by Gasteiger charge is 2.40. The second-order valence-electron chi connectivity index (χ2n) is 5.56. The minimum absolute atomic E-state index is 0.398. The minimum atomic E-state index is -4.34. The summed E-state index contributed by atoms with van der Waals surface area (Å²) in [7, 11) is 0. The molecule has 5 heteroatoms. The molecule has 0 fully saturated rings. The van der Waals surface area contributed by atoms with Gasteiger partial charge in [-0.1, -0.05) is 0 Å². The van der Waals surface area contributed by atoms with Crippen LogP contribution in [0.1, 0.15) is 50.6 Å². The first-order valence-corrected chi connectivity index (χ1v) is 5.89. The van der Waals surface area contributed by atoms with E-state index in [9.17, 15) is 13.2 Å². The molecule has 0 spiro atoms. The molecule has 2 rings (SSSR count). The third kappa shape index (κ3) is 2.19. The van der Waals surface area contributed by atoms with Gasteiger partial charge in [-0.3, -0.25) is 4.68 Å². The lowest BCUT2D eigenvalue weighted by atomic mass is 9.94. The standard InChI is InChI=1S/C12H17F3N2/c1-11(2,3)17-9-7-5-4-6-8(9)10(16-17)12(13,14)15/h4-7H2,1-3H3. The molecule has 2 nitrogen and oxygen atoms in total. The van der Waals surface area contributed by atoms with E-state index in [1.165, 1.54) is 0 Å². The molecule has 0 unspecified atom stereocenters. The number of hydrogen-bond acceptors (Lipinski definition) is 1. The number of aromatic nitrogens is 2. The van der Waals surface area contributed by atoms with Gasteiger partial charge in [-0.05, 0) is 46.5 Å². The highest BCUT2D eigenvalue weighted by molar-refractivity contribution is 5.31. The third-order valence-electron chi connectivity index (χ3n) is 3.08. The van der Waals surface area contributed by atoms with Crippen LogP contribution in [0.15, 0.2) is 0 Å². The van der Waals surface area contributed by atoms with Gasteiger partial charge >= 0.3 is 6.18 Å². The van der Waals surface area contributed by atoms with Crippen molar-refractivity contribution in [2.45, 2.75) is 58.2 Å². The lowest BCUT2D eigenvalue weighted by Gasteiger charge is -2.24. The van der Waals surface area contributed by atoms with Crippen molar-refractivity contribution in [3.8, 4) is 0 Å². The largest absolute Gasteiger partial charge is 0.435 e. The normalized spacial score (nSPS) is 17.1. The summed E-state index contributed by atoms with van der Waals surface area (Å²) in [6.07, 6.45) is -1.36. The third-order valence-corrected chi connectivity index (χ3v) is 3.08. The molecule has 0 radical (unpaired) electrons. The minimum Gasteiger partial charge on any atom is -0.263 e. The Morgan fingerprint density at radius 3 is 2.18 bits per heavy atom. The van der Waals surface area contributed by atoms with E-state index < -0.39 is 17.4 Å². The van der Waals surface area contributed by atoms with Crippen LogP contribution >= 0.6 is 0 Å². The van der Waals surface area contributed by atoms with Gasteiger partial charge in [0.1, 0.15) is 0 Å². The second-order valence-corrected chi connectivity index (χ2v) is 5.56. The summed E-state index contributed by atoms with van der Waals surface area (Å²) in [5, 5.41) is 3.83. The molecule has 96 valence electrons. The summed E-state index contributed by atoms with van der Waals surface area (Å²) in [6.45, 7) is 5.65. The SMILES string of the molecule is CC(C)(C)n1nc(C(F)(F)F)c2c1CCCC2. The van der Waals surface area contributed by atoms with Crippen LogP contribution in [-0.4, -0.2) is 9.78 Å². The van der Waals surface area contributed by atoms with E-state index in [0.717, 1.165) is 18.5 Å². The summed E-state index contributed by atoms with van der Waals surface area (Å²) in [5.74, 6) is 0. The van der Waals surface area contributed by atoms with Crippen LogP contribution in [-0.2, 0) is 24.6 Å². The van der Waals surface area contributed by atoms with Gasteiger partial charge in [-0.25, -0.2) is 0 Å². The molecule has 0 aromatic carbocycles. The van der Waals surface area contributed by atoms with Gasteiger partial charge < -0.3 is 0 Å². The summed E-state index contributed by atoms with van der Waals surface area (Å²) in [4.78, 5) is 0. The van der Waals surface area contributed by atoms with E-state index >= 15 is 0 Å². The van der Waals surface area contributed by atoms with Crippen molar-refractivity contribution in [2.24, 2.45) is 0 Å². The van der Waals surface area contributed by atoms with Crippen LogP contribution < -0.4 is 0 Å². The van der Waals surface area contributed by atoms with E-state index in [-0.39, 0.29) is 0 Å². The first-order valence-electron chi connectivity index (χ1n) is 5.89. The molecule has 0 saturated heterocycles. The van der Waals surface area contributed by atoms with Crippen molar-refractivity contribution in [1.82, 2.24) is 9.78 Å². The fourth-order valence-corrected chi connectivity index (χ4v) is 2.38. The number of halogens is 3. The molecule has 1 heterocycles. The topological polar surface area (TPSA) is 17.8 Å². The fraction of sp³-hybridized carbons (Fsp3) is 0.750. The molecular weight excluding hydrogens is 229 g/mol. The maximum absolute atomic E-state index is 12.9.